The van der Waals surface area contributed by atoms with Crippen molar-refractivity contribution in [3.8, 4) is 0 Å². The van der Waals surface area contributed by atoms with Crippen LogP contribution in [-0.4, -0.2) is 77.5 Å². The zero-order valence-corrected chi connectivity index (χ0v) is 22.2. The van der Waals surface area contributed by atoms with Gasteiger partial charge >= 0.3 is 5.97 Å². The summed E-state index contributed by atoms with van der Waals surface area (Å²) in [6, 6.07) is -3.84. The van der Waals surface area contributed by atoms with Crippen molar-refractivity contribution in [2.75, 3.05) is 18.6 Å². The van der Waals surface area contributed by atoms with Crippen molar-refractivity contribution in [3.63, 3.8) is 0 Å². The molecule has 35 heavy (non-hydrogen) atoms. The Balaban J connectivity index is 5.49. The van der Waals surface area contributed by atoms with Crippen LogP contribution < -0.4 is 33.2 Å². The zero-order valence-electron chi connectivity index (χ0n) is 21.4. The number of hydrogen-bond acceptors (Lipinski definition) is 7. The molecule has 202 valence electrons. The molecule has 12 nitrogen and oxygen atoms in total. The van der Waals surface area contributed by atoms with Crippen molar-refractivity contribution in [2.45, 2.75) is 77.5 Å². The number of thioether (sulfide) groups is 1. The van der Waals surface area contributed by atoms with E-state index < -0.39 is 47.9 Å². The van der Waals surface area contributed by atoms with Crippen LogP contribution in [0.5, 0.6) is 0 Å². The average Bonchev–Trinajstić information content (AvgIpc) is 2.75. The van der Waals surface area contributed by atoms with Crippen LogP contribution >= 0.6 is 11.8 Å². The first-order chi connectivity index (χ1) is 16.3. The number of carbonyl (C=O) groups excluding carboxylic acids is 3. The quantitative estimate of drug-likeness (QED) is 0.0740. The standard InChI is InChI=1S/C22H43N7O5S/c1-12(2)11-16(21(33)34)28-20(32)17(13(3)4)29-19(31)15(7-6-9-26-22(24)25)27-18(30)14(23)8-10-35-5/h12-17H,6-11,23H2,1-5H3,(H,27,30)(H,28,32)(H,29,31)(H,33,34)(H4,24,25,26). The Morgan fingerprint density at radius 2 is 1.51 bits per heavy atom. The fraction of sp³-hybridized carbons (Fsp3) is 0.773. The third-order valence-electron chi connectivity index (χ3n) is 5.12. The van der Waals surface area contributed by atoms with Gasteiger partial charge in [-0.1, -0.05) is 27.7 Å². The molecule has 0 rings (SSSR count). The summed E-state index contributed by atoms with van der Waals surface area (Å²) in [5.74, 6) is -2.50. The molecular formula is C22H43N7O5S. The summed E-state index contributed by atoms with van der Waals surface area (Å²) in [6.07, 6.45) is 3.19. The molecule has 0 saturated heterocycles. The number of hydrogen-bond donors (Lipinski definition) is 7. The molecule has 0 aliphatic heterocycles. The molecular weight excluding hydrogens is 474 g/mol. The molecule has 0 radical (unpaired) electrons. The third kappa shape index (κ3) is 13.8. The molecule has 0 aromatic carbocycles. The molecule has 3 amide bonds. The van der Waals surface area contributed by atoms with E-state index in [1.807, 2.05) is 20.1 Å². The van der Waals surface area contributed by atoms with Crippen LogP contribution in [0, 0.1) is 11.8 Å². The first-order valence-electron chi connectivity index (χ1n) is 11.7. The average molecular weight is 518 g/mol. The first-order valence-corrected chi connectivity index (χ1v) is 13.1. The highest BCUT2D eigenvalue weighted by Crippen LogP contribution is 2.09. The highest BCUT2D eigenvalue weighted by atomic mass is 32.2. The number of nitrogens with zero attached hydrogens (tertiary/aromatic N) is 1. The van der Waals surface area contributed by atoms with Crippen molar-refractivity contribution in [1.82, 2.24) is 16.0 Å². The Hall–Kier alpha value is -2.54. The van der Waals surface area contributed by atoms with E-state index in [-0.39, 0.29) is 37.2 Å². The van der Waals surface area contributed by atoms with Crippen molar-refractivity contribution in [1.29, 1.82) is 0 Å². The van der Waals surface area contributed by atoms with Crippen molar-refractivity contribution < 1.29 is 24.3 Å². The maximum atomic E-state index is 13.1. The number of aliphatic imine (C=N–C) groups is 1. The number of guanidine groups is 1. The Bertz CT molecular complexity index is 729. The second-order valence-corrected chi connectivity index (χ2v) is 10.1. The summed E-state index contributed by atoms with van der Waals surface area (Å²) in [5.41, 5.74) is 16.6. The number of nitrogens with one attached hydrogen (secondary N) is 3. The second-order valence-electron chi connectivity index (χ2n) is 9.16. The molecule has 0 aliphatic carbocycles. The summed E-state index contributed by atoms with van der Waals surface area (Å²) >= 11 is 1.55. The smallest absolute Gasteiger partial charge is 0.326 e. The van der Waals surface area contributed by atoms with E-state index in [1.165, 1.54) is 0 Å². The van der Waals surface area contributed by atoms with Crippen LogP contribution in [0.1, 0.15) is 53.4 Å². The van der Waals surface area contributed by atoms with Crippen molar-refractivity contribution in [3.05, 3.63) is 0 Å². The maximum Gasteiger partial charge on any atom is 0.326 e. The Morgan fingerprint density at radius 1 is 0.914 bits per heavy atom. The fourth-order valence-electron chi connectivity index (χ4n) is 3.17. The number of rotatable bonds is 17. The third-order valence-corrected chi connectivity index (χ3v) is 5.76. The fourth-order valence-corrected chi connectivity index (χ4v) is 3.66. The van der Waals surface area contributed by atoms with Crippen LogP contribution in [0.25, 0.3) is 0 Å². The molecule has 0 aliphatic rings. The number of amides is 3. The molecule has 4 atom stereocenters. The van der Waals surface area contributed by atoms with Crippen LogP contribution in [0.3, 0.4) is 0 Å². The van der Waals surface area contributed by atoms with E-state index in [0.29, 0.717) is 18.6 Å². The number of carbonyl (C=O) groups is 4. The highest BCUT2D eigenvalue weighted by Gasteiger charge is 2.32. The van der Waals surface area contributed by atoms with E-state index in [2.05, 4.69) is 20.9 Å². The highest BCUT2D eigenvalue weighted by molar-refractivity contribution is 7.98. The number of carboxylic acid groups (broad SMARTS) is 1. The SMILES string of the molecule is CSCCC(N)C(=O)NC(CCCN=C(N)N)C(=O)NC(C(=O)NC(CC(C)C)C(=O)O)C(C)C. The number of carboxylic acids is 1. The Morgan fingerprint density at radius 3 is 2.00 bits per heavy atom. The predicted octanol–water partition coefficient (Wildman–Crippen LogP) is -0.638. The summed E-state index contributed by atoms with van der Waals surface area (Å²) in [5, 5.41) is 17.3. The van der Waals surface area contributed by atoms with Gasteiger partial charge in [-0.25, -0.2) is 4.79 Å². The molecule has 0 aromatic heterocycles. The molecule has 0 spiro atoms. The minimum absolute atomic E-state index is 0.0450. The van der Waals surface area contributed by atoms with Crippen molar-refractivity contribution >= 4 is 41.4 Å². The van der Waals surface area contributed by atoms with Gasteiger partial charge in [0.1, 0.15) is 18.1 Å². The van der Waals surface area contributed by atoms with E-state index >= 15 is 0 Å². The van der Waals surface area contributed by atoms with Gasteiger partial charge in [-0.3, -0.25) is 19.4 Å². The Labute approximate surface area is 212 Å². The minimum Gasteiger partial charge on any atom is -0.480 e. The lowest BCUT2D eigenvalue weighted by Gasteiger charge is -2.27. The van der Waals surface area contributed by atoms with Gasteiger partial charge in [-0.2, -0.15) is 11.8 Å². The number of aliphatic carboxylic acids is 1. The van der Waals surface area contributed by atoms with Crippen LogP contribution in [0.2, 0.25) is 0 Å². The van der Waals surface area contributed by atoms with E-state index in [0.717, 1.165) is 0 Å². The lowest BCUT2D eigenvalue weighted by Crippen LogP contribution is -2.58. The summed E-state index contributed by atoms with van der Waals surface area (Å²) in [6.45, 7) is 7.41. The monoisotopic (exact) mass is 517 g/mol. The largest absolute Gasteiger partial charge is 0.480 e. The van der Waals surface area contributed by atoms with E-state index in [4.69, 9.17) is 17.2 Å². The van der Waals surface area contributed by atoms with Gasteiger partial charge in [0.05, 0.1) is 6.04 Å². The number of nitrogens with two attached hydrogens (primary N) is 3. The topological polar surface area (TPSA) is 215 Å². The van der Waals surface area contributed by atoms with Gasteiger partial charge in [0.15, 0.2) is 5.96 Å². The molecule has 0 bridgehead atoms. The van der Waals surface area contributed by atoms with Crippen LogP contribution in [-0.2, 0) is 19.2 Å². The molecule has 0 fully saturated rings. The van der Waals surface area contributed by atoms with Crippen LogP contribution in [0.4, 0.5) is 0 Å². The van der Waals surface area contributed by atoms with Gasteiger partial charge in [0, 0.05) is 6.54 Å². The maximum absolute atomic E-state index is 13.1. The minimum atomic E-state index is -1.15. The lowest BCUT2D eigenvalue weighted by molar-refractivity contribution is -0.143. The molecule has 0 saturated carbocycles. The van der Waals surface area contributed by atoms with Gasteiger partial charge in [0.25, 0.3) is 0 Å². The van der Waals surface area contributed by atoms with Crippen molar-refractivity contribution in [2.24, 2.45) is 34.0 Å². The molecule has 10 N–H and O–H groups in total. The zero-order chi connectivity index (χ0) is 27.1. The summed E-state index contributed by atoms with van der Waals surface area (Å²) < 4.78 is 0. The summed E-state index contributed by atoms with van der Waals surface area (Å²) in [4.78, 5) is 54.0. The molecule has 0 aromatic rings. The van der Waals surface area contributed by atoms with E-state index in [1.54, 1.807) is 25.6 Å². The lowest BCUT2D eigenvalue weighted by atomic mass is 9.99. The Kier molecular flexibility index (Phi) is 15.7. The van der Waals surface area contributed by atoms with Gasteiger partial charge in [-0.05, 0) is 49.5 Å². The van der Waals surface area contributed by atoms with E-state index in [9.17, 15) is 24.3 Å². The second kappa shape index (κ2) is 17.0. The first kappa shape index (κ1) is 32.5. The van der Waals surface area contributed by atoms with Gasteiger partial charge in [0.2, 0.25) is 17.7 Å². The van der Waals surface area contributed by atoms with Crippen LogP contribution in [0.15, 0.2) is 4.99 Å². The normalized spacial score (nSPS) is 14.5. The van der Waals surface area contributed by atoms with Gasteiger partial charge < -0.3 is 38.3 Å². The summed E-state index contributed by atoms with van der Waals surface area (Å²) in [7, 11) is 0. The predicted molar refractivity (Wildman–Crippen MR) is 139 cm³/mol. The molecule has 0 heterocycles. The molecule has 13 heteroatoms. The molecule has 4 unspecified atom stereocenters. The van der Waals surface area contributed by atoms with Gasteiger partial charge in [-0.15, -0.1) is 0 Å².